The van der Waals surface area contributed by atoms with Crippen LogP contribution in [0.4, 0.5) is 10.1 Å². The molecule has 0 bridgehead atoms. The largest absolute Gasteiger partial charge is 0.384 e. The molecule has 0 fully saturated rings. The summed E-state index contributed by atoms with van der Waals surface area (Å²) in [6.45, 7) is 3.65. The minimum absolute atomic E-state index is 0.329. The summed E-state index contributed by atoms with van der Waals surface area (Å²) in [5.74, 6) is -0.0284. The second-order valence-electron chi connectivity index (χ2n) is 4.55. The van der Waals surface area contributed by atoms with Crippen molar-refractivity contribution in [1.29, 1.82) is 5.26 Å². The average molecular weight is 258 g/mol. The van der Waals surface area contributed by atoms with Gasteiger partial charge in [-0.25, -0.2) is 9.37 Å². The lowest BCUT2D eigenvalue weighted by Gasteiger charge is -2.14. The van der Waals surface area contributed by atoms with E-state index in [2.05, 4.69) is 17.2 Å². The topological polar surface area (TPSA) is 53.6 Å². The lowest BCUT2D eigenvalue weighted by molar-refractivity contribution is 0.503. The van der Waals surface area contributed by atoms with E-state index in [-0.39, 0.29) is 0 Å². The number of imidazole rings is 1. The summed E-state index contributed by atoms with van der Waals surface area (Å²) in [7, 11) is 0. The molecule has 2 rings (SSSR count). The Morgan fingerprint density at radius 2 is 2.37 bits per heavy atom. The second kappa shape index (κ2) is 6.01. The highest BCUT2D eigenvalue weighted by Gasteiger charge is 2.06. The Balaban J connectivity index is 1.93. The molecule has 0 aliphatic carbocycles. The van der Waals surface area contributed by atoms with Crippen LogP contribution in [0.1, 0.15) is 12.5 Å². The van der Waals surface area contributed by atoms with Crippen molar-refractivity contribution in [2.45, 2.75) is 13.5 Å². The number of nitrogens with zero attached hydrogens (tertiary/aromatic N) is 3. The van der Waals surface area contributed by atoms with Crippen LogP contribution in [0.3, 0.4) is 0 Å². The fourth-order valence-corrected chi connectivity index (χ4v) is 1.87. The fourth-order valence-electron chi connectivity index (χ4n) is 1.87. The van der Waals surface area contributed by atoms with Crippen LogP contribution in [0.2, 0.25) is 0 Å². The van der Waals surface area contributed by atoms with Gasteiger partial charge in [-0.2, -0.15) is 5.26 Å². The Bertz CT molecular complexity index is 572. The second-order valence-corrected chi connectivity index (χ2v) is 4.55. The lowest BCUT2D eigenvalue weighted by atomic mass is 10.1. The number of benzene rings is 1. The molecule has 0 saturated carbocycles. The van der Waals surface area contributed by atoms with Crippen LogP contribution in [0.15, 0.2) is 36.9 Å². The monoisotopic (exact) mass is 258 g/mol. The third-order valence-electron chi connectivity index (χ3n) is 2.82. The molecule has 0 spiro atoms. The Hall–Kier alpha value is -2.35. The molecule has 1 aromatic heterocycles. The zero-order valence-corrected chi connectivity index (χ0v) is 10.7. The zero-order valence-electron chi connectivity index (χ0n) is 10.7. The Morgan fingerprint density at radius 3 is 3.05 bits per heavy atom. The maximum absolute atomic E-state index is 13.0. The van der Waals surface area contributed by atoms with Gasteiger partial charge in [0.05, 0.1) is 17.6 Å². The Morgan fingerprint density at radius 1 is 1.53 bits per heavy atom. The van der Waals surface area contributed by atoms with Gasteiger partial charge in [-0.3, -0.25) is 0 Å². The van der Waals surface area contributed by atoms with E-state index in [1.54, 1.807) is 18.6 Å². The number of nitrogens with one attached hydrogen (secondary N) is 1. The van der Waals surface area contributed by atoms with E-state index in [1.807, 2.05) is 16.8 Å². The summed E-state index contributed by atoms with van der Waals surface area (Å²) < 4.78 is 15.0. The van der Waals surface area contributed by atoms with Gasteiger partial charge in [0.1, 0.15) is 11.9 Å². The van der Waals surface area contributed by atoms with E-state index in [4.69, 9.17) is 5.26 Å². The van der Waals surface area contributed by atoms with Gasteiger partial charge >= 0.3 is 0 Å². The Kier molecular flexibility index (Phi) is 4.14. The minimum atomic E-state index is -0.395. The summed E-state index contributed by atoms with van der Waals surface area (Å²) in [5, 5.41) is 12.1. The maximum atomic E-state index is 13.0. The molecule has 19 heavy (non-hydrogen) atoms. The van der Waals surface area contributed by atoms with Crippen molar-refractivity contribution in [3.05, 3.63) is 48.3 Å². The number of aromatic nitrogens is 2. The molecule has 0 unspecified atom stereocenters. The predicted octanol–water partition coefficient (Wildman–Crippen LogP) is 2.64. The standard InChI is InChI=1S/C14H15FN4/c1-11(9-19-5-4-17-10-19)8-18-14-3-2-13(15)6-12(14)7-16/h2-6,10-11,18H,8-9H2,1H3/t11-/m0/s1. The van der Waals surface area contributed by atoms with E-state index < -0.39 is 5.82 Å². The SMILES string of the molecule is C[C@@H](CNc1ccc(F)cc1C#N)Cn1ccnc1. The van der Waals surface area contributed by atoms with Crippen LogP contribution in [0, 0.1) is 23.1 Å². The van der Waals surface area contributed by atoms with Crippen LogP contribution in [0.5, 0.6) is 0 Å². The van der Waals surface area contributed by atoms with E-state index in [1.165, 1.54) is 12.1 Å². The molecule has 1 N–H and O–H groups in total. The highest BCUT2D eigenvalue weighted by Crippen LogP contribution is 2.16. The summed E-state index contributed by atoms with van der Waals surface area (Å²) in [6.07, 6.45) is 5.43. The van der Waals surface area contributed by atoms with Crippen LogP contribution >= 0.6 is 0 Å². The minimum Gasteiger partial charge on any atom is -0.384 e. The fraction of sp³-hybridized carbons (Fsp3) is 0.286. The summed E-state index contributed by atoms with van der Waals surface area (Å²) in [4.78, 5) is 3.99. The van der Waals surface area contributed by atoms with Crippen molar-refractivity contribution in [1.82, 2.24) is 9.55 Å². The first-order valence-corrected chi connectivity index (χ1v) is 6.08. The summed E-state index contributed by atoms with van der Waals surface area (Å²) in [6, 6.07) is 6.17. The van der Waals surface area contributed by atoms with Gasteiger partial charge in [0.2, 0.25) is 0 Å². The molecule has 0 saturated heterocycles. The third kappa shape index (κ3) is 3.55. The highest BCUT2D eigenvalue weighted by atomic mass is 19.1. The van der Waals surface area contributed by atoms with Crippen LogP contribution in [-0.2, 0) is 6.54 Å². The molecule has 98 valence electrons. The quantitative estimate of drug-likeness (QED) is 0.897. The van der Waals surface area contributed by atoms with Gasteiger partial charge in [0.25, 0.3) is 0 Å². The van der Waals surface area contributed by atoms with Crippen molar-refractivity contribution < 1.29 is 4.39 Å². The zero-order chi connectivity index (χ0) is 13.7. The van der Waals surface area contributed by atoms with Crippen molar-refractivity contribution in [3.63, 3.8) is 0 Å². The number of hydrogen-bond donors (Lipinski definition) is 1. The molecule has 0 radical (unpaired) electrons. The molecule has 0 aliphatic rings. The van der Waals surface area contributed by atoms with E-state index in [0.717, 1.165) is 6.54 Å². The van der Waals surface area contributed by atoms with Crippen molar-refractivity contribution in [3.8, 4) is 6.07 Å². The molecular formula is C14H15FN4. The van der Waals surface area contributed by atoms with Gasteiger partial charge in [-0.05, 0) is 24.1 Å². The Labute approximate surface area is 111 Å². The first-order valence-electron chi connectivity index (χ1n) is 6.08. The highest BCUT2D eigenvalue weighted by molar-refractivity contribution is 5.57. The van der Waals surface area contributed by atoms with Gasteiger partial charge in [0.15, 0.2) is 0 Å². The van der Waals surface area contributed by atoms with E-state index >= 15 is 0 Å². The number of hydrogen-bond acceptors (Lipinski definition) is 3. The molecule has 2 aromatic rings. The molecule has 1 aromatic carbocycles. The van der Waals surface area contributed by atoms with Crippen LogP contribution in [0.25, 0.3) is 0 Å². The molecule has 4 nitrogen and oxygen atoms in total. The summed E-state index contributed by atoms with van der Waals surface area (Å²) in [5.41, 5.74) is 0.996. The van der Waals surface area contributed by atoms with Gasteiger partial charge < -0.3 is 9.88 Å². The normalized spacial score (nSPS) is 11.8. The molecule has 1 atom stereocenters. The predicted molar refractivity (Wildman–Crippen MR) is 71.0 cm³/mol. The first-order chi connectivity index (χ1) is 9.19. The van der Waals surface area contributed by atoms with Crippen LogP contribution < -0.4 is 5.32 Å². The molecule has 0 aliphatic heterocycles. The number of anilines is 1. The third-order valence-corrected chi connectivity index (χ3v) is 2.82. The number of halogens is 1. The lowest BCUT2D eigenvalue weighted by Crippen LogP contribution is -2.17. The van der Waals surface area contributed by atoms with Crippen molar-refractivity contribution >= 4 is 5.69 Å². The molecule has 1 heterocycles. The molecule has 5 heteroatoms. The smallest absolute Gasteiger partial charge is 0.124 e. The molecule has 0 amide bonds. The van der Waals surface area contributed by atoms with E-state index in [9.17, 15) is 4.39 Å². The van der Waals surface area contributed by atoms with Crippen LogP contribution in [-0.4, -0.2) is 16.1 Å². The van der Waals surface area contributed by atoms with Crippen molar-refractivity contribution in [2.24, 2.45) is 5.92 Å². The average Bonchev–Trinajstić information content (AvgIpc) is 2.90. The summed E-state index contributed by atoms with van der Waals surface area (Å²) >= 11 is 0. The molecular weight excluding hydrogens is 243 g/mol. The number of rotatable bonds is 5. The van der Waals surface area contributed by atoms with Gasteiger partial charge in [-0.1, -0.05) is 6.92 Å². The van der Waals surface area contributed by atoms with E-state index in [0.29, 0.717) is 23.7 Å². The van der Waals surface area contributed by atoms with Gasteiger partial charge in [0, 0.05) is 25.5 Å². The maximum Gasteiger partial charge on any atom is 0.124 e. The number of nitriles is 1. The van der Waals surface area contributed by atoms with Crippen molar-refractivity contribution in [2.75, 3.05) is 11.9 Å². The first kappa shape index (κ1) is 13.1. The van der Waals surface area contributed by atoms with Gasteiger partial charge in [-0.15, -0.1) is 0 Å².